The van der Waals surface area contributed by atoms with Crippen molar-refractivity contribution in [3.05, 3.63) is 71.8 Å². The van der Waals surface area contributed by atoms with Crippen LogP contribution >= 0.6 is 0 Å². The van der Waals surface area contributed by atoms with E-state index in [1.165, 1.54) is 13.2 Å². The summed E-state index contributed by atoms with van der Waals surface area (Å²) in [5.74, 6) is 0.401. The molecule has 0 aliphatic carbocycles. The molecule has 3 aromatic rings. The highest BCUT2D eigenvalue weighted by molar-refractivity contribution is 5.77. The SMILES string of the molecule is COC(=O)Cc1ccccc1-c1ccc(-c2cccc(C(F)(F)F)c2)o1. The number of rotatable bonds is 4. The molecule has 26 heavy (non-hydrogen) atoms. The van der Waals surface area contributed by atoms with E-state index in [0.29, 0.717) is 28.2 Å². The van der Waals surface area contributed by atoms with E-state index in [2.05, 4.69) is 4.74 Å². The Morgan fingerprint density at radius 3 is 2.46 bits per heavy atom. The molecule has 0 bridgehead atoms. The Morgan fingerprint density at radius 1 is 1.00 bits per heavy atom. The van der Waals surface area contributed by atoms with E-state index >= 15 is 0 Å². The van der Waals surface area contributed by atoms with Crippen molar-refractivity contribution < 1.29 is 27.1 Å². The molecule has 0 fully saturated rings. The molecule has 0 spiro atoms. The van der Waals surface area contributed by atoms with Crippen LogP contribution in [-0.2, 0) is 22.1 Å². The number of carbonyl (C=O) groups is 1. The highest BCUT2D eigenvalue weighted by atomic mass is 19.4. The third-order valence-corrected chi connectivity index (χ3v) is 3.93. The molecule has 2 aromatic carbocycles. The molecular formula is C20H15F3O3. The summed E-state index contributed by atoms with van der Waals surface area (Å²) < 4.78 is 49.1. The third kappa shape index (κ3) is 3.79. The van der Waals surface area contributed by atoms with Crippen LogP contribution in [0.2, 0.25) is 0 Å². The normalized spacial score (nSPS) is 11.4. The maximum absolute atomic E-state index is 12.9. The van der Waals surface area contributed by atoms with Gasteiger partial charge in [0.05, 0.1) is 19.1 Å². The van der Waals surface area contributed by atoms with E-state index < -0.39 is 11.7 Å². The first-order valence-corrected chi connectivity index (χ1v) is 7.81. The standard InChI is InChI=1S/C20H15F3O3/c1-25-19(24)12-13-5-2-3-8-16(13)18-10-9-17(26-18)14-6-4-7-15(11-14)20(21,22)23/h2-11H,12H2,1H3. The summed E-state index contributed by atoms with van der Waals surface area (Å²) in [4.78, 5) is 11.6. The van der Waals surface area contributed by atoms with Gasteiger partial charge in [0.25, 0.3) is 0 Å². The average Bonchev–Trinajstić information content (AvgIpc) is 3.11. The number of halogens is 3. The highest BCUT2D eigenvalue weighted by Gasteiger charge is 2.30. The Morgan fingerprint density at radius 2 is 1.73 bits per heavy atom. The van der Waals surface area contributed by atoms with Gasteiger partial charge in [-0.1, -0.05) is 36.4 Å². The van der Waals surface area contributed by atoms with Gasteiger partial charge in [-0.15, -0.1) is 0 Å². The second-order valence-electron chi connectivity index (χ2n) is 5.65. The van der Waals surface area contributed by atoms with E-state index in [0.717, 1.165) is 12.1 Å². The predicted molar refractivity (Wildman–Crippen MR) is 90.3 cm³/mol. The third-order valence-electron chi connectivity index (χ3n) is 3.93. The summed E-state index contributed by atoms with van der Waals surface area (Å²) in [6, 6.07) is 15.4. The lowest BCUT2D eigenvalue weighted by Gasteiger charge is -2.08. The second kappa shape index (κ2) is 7.07. The predicted octanol–water partition coefficient (Wildman–Crippen LogP) is 5.35. The van der Waals surface area contributed by atoms with E-state index in [1.54, 1.807) is 42.5 Å². The lowest BCUT2D eigenvalue weighted by atomic mass is 10.0. The Kier molecular flexibility index (Phi) is 4.84. The van der Waals surface area contributed by atoms with Gasteiger partial charge in [-0.3, -0.25) is 4.79 Å². The lowest BCUT2D eigenvalue weighted by molar-refractivity contribution is -0.140. The van der Waals surface area contributed by atoms with Crippen molar-refractivity contribution in [1.82, 2.24) is 0 Å². The van der Waals surface area contributed by atoms with Gasteiger partial charge >= 0.3 is 12.1 Å². The first kappa shape index (κ1) is 17.8. The number of methoxy groups -OCH3 is 1. The molecule has 1 aromatic heterocycles. The minimum atomic E-state index is -4.42. The van der Waals surface area contributed by atoms with Crippen LogP contribution in [0.1, 0.15) is 11.1 Å². The van der Waals surface area contributed by atoms with Gasteiger partial charge in [-0.05, 0) is 29.8 Å². The molecule has 0 radical (unpaired) electrons. The minimum absolute atomic E-state index is 0.0757. The fourth-order valence-corrected chi connectivity index (χ4v) is 2.63. The lowest BCUT2D eigenvalue weighted by Crippen LogP contribution is -2.05. The molecule has 3 rings (SSSR count). The average molecular weight is 360 g/mol. The van der Waals surface area contributed by atoms with Crippen LogP contribution in [-0.4, -0.2) is 13.1 Å². The van der Waals surface area contributed by atoms with Gasteiger partial charge in [-0.2, -0.15) is 13.2 Å². The van der Waals surface area contributed by atoms with Gasteiger partial charge in [-0.25, -0.2) is 0 Å². The fourth-order valence-electron chi connectivity index (χ4n) is 2.63. The van der Waals surface area contributed by atoms with E-state index in [1.807, 2.05) is 0 Å². The molecule has 6 heteroatoms. The number of furan rings is 1. The minimum Gasteiger partial charge on any atom is -0.469 e. The van der Waals surface area contributed by atoms with Crippen LogP contribution in [0, 0.1) is 0 Å². The Labute approximate surface area is 148 Å². The molecule has 1 heterocycles. The van der Waals surface area contributed by atoms with Gasteiger partial charge < -0.3 is 9.15 Å². The van der Waals surface area contributed by atoms with Crippen molar-refractivity contribution in [2.24, 2.45) is 0 Å². The van der Waals surface area contributed by atoms with Crippen LogP contribution in [0.4, 0.5) is 13.2 Å². The summed E-state index contributed by atoms with van der Waals surface area (Å²) >= 11 is 0. The largest absolute Gasteiger partial charge is 0.469 e. The molecule has 0 saturated carbocycles. The zero-order valence-electron chi connectivity index (χ0n) is 13.8. The second-order valence-corrected chi connectivity index (χ2v) is 5.65. The maximum Gasteiger partial charge on any atom is 0.416 e. The number of esters is 1. The number of ether oxygens (including phenoxy) is 1. The summed E-state index contributed by atoms with van der Waals surface area (Å²) in [6.45, 7) is 0. The molecule has 0 atom stereocenters. The summed E-state index contributed by atoms with van der Waals surface area (Å²) in [6.07, 6.45) is -4.34. The van der Waals surface area contributed by atoms with Crippen molar-refractivity contribution in [3.63, 3.8) is 0 Å². The topological polar surface area (TPSA) is 39.4 Å². The molecule has 0 amide bonds. The summed E-state index contributed by atoms with van der Waals surface area (Å²) in [7, 11) is 1.31. The highest BCUT2D eigenvalue weighted by Crippen LogP contribution is 2.34. The smallest absolute Gasteiger partial charge is 0.416 e. The number of alkyl halides is 3. The number of hydrogen-bond donors (Lipinski definition) is 0. The van der Waals surface area contributed by atoms with E-state index in [4.69, 9.17) is 4.42 Å². The first-order chi connectivity index (χ1) is 12.4. The van der Waals surface area contributed by atoms with E-state index in [-0.39, 0.29) is 12.4 Å². The molecule has 0 N–H and O–H groups in total. The summed E-state index contributed by atoms with van der Waals surface area (Å²) in [5.41, 5.74) is 0.996. The zero-order chi connectivity index (χ0) is 18.7. The molecule has 0 saturated heterocycles. The van der Waals surface area contributed by atoms with Crippen molar-refractivity contribution in [2.75, 3.05) is 7.11 Å². The molecule has 134 valence electrons. The van der Waals surface area contributed by atoms with Gasteiger partial charge in [0.2, 0.25) is 0 Å². The molecule has 0 unspecified atom stereocenters. The number of hydrogen-bond acceptors (Lipinski definition) is 3. The van der Waals surface area contributed by atoms with Crippen molar-refractivity contribution in [3.8, 4) is 22.6 Å². The van der Waals surface area contributed by atoms with Crippen LogP contribution in [0.3, 0.4) is 0 Å². The maximum atomic E-state index is 12.9. The monoisotopic (exact) mass is 360 g/mol. The number of carbonyl (C=O) groups excluding carboxylic acids is 1. The molecule has 3 nitrogen and oxygen atoms in total. The van der Waals surface area contributed by atoms with E-state index in [9.17, 15) is 18.0 Å². The number of benzene rings is 2. The molecular weight excluding hydrogens is 345 g/mol. The zero-order valence-corrected chi connectivity index (χ0v) is 13.8. The van der Waals surface area contributed by atoms with Crippen LogP contribution in [0.15, 0.2) is 65.1 Å². The molecule has 0 aliphatic heterocycles. The van der Waals surface area contributed by atoms with Crippen LogP contribution in [0.5, 0.6) is 0 Å². The van der Waals surface area contributed by atoms with Gasteiger partial charge in [0.1, 0.15) is 11.5 Å². The van der Waals surface area contributed by atoms with Gasteiger partial charge in [0.15, 0.2) is 0 Å². The van der Waals surface area contributed by atoms with Crippen LogP contribution in [0.25, 0.3) is 22.6 Å². The van der Waals surface area contributed by atoms with Crippen LogP contribution < -0.4 is 0 Å². The van der Waals surface area contributed by atoms with Crippen molar-refractivity contribution in [2.45, 2.75) is 12.6 Å². The first-order valence-electron chi connectivity index (χ1n) is 7.81. The summed E-state index contributed by atoms with van der Waals surface area (Å²) in [5, 5.41) is 0. The Hall–Kier alpha value is -3.02. The van der Waals surface area contributed by atoms with Crippen molar-refractivity contribution >= 4 is 5.97 Å². The van der Waals surface area contributed by atoms with Crippen molar-refractivity contribution in [1.29, 1.82) is 0 Å². The fraction of sp³-hybridized carbons (Fsp3) is 0.150. The Bertz CT molecular complexity index is 926. The quantitative estimate of drug-likeness (QED) is 0.589. The molecule has 0 aliphatic rings. The Balaban J connectivity index is 1.96. The van der Waals surface area contributed by atoms with Gasteiger partial charge in [0, 0.05) is 11.1 Å².